The molecular weight excluding hydrogens is 606 g/mol. The number of carbonyl (C=O) groups excluding carboxylic acids is 2. The number of fused-ring (bicyclic) bond motifs is 5. The first-order valence-corrected chi connectivity index (χ1v) is 19.5. The summed E-state index contributed by atoms with van der Waals surface area (Å²) < 4.78 is 11.7. The molecule has 0 aliphatic heterocycles. The topological polar surface area (TPSA) is 64.6 Å². The van der Waals surface area contributed by atoms with Crippen LogP contribution in [0.15, 0.2) is 72.3 Å². The summed E-state index contributed by atoms with van der Waals surface area (Å²) in [7, 11) is 0. The van der Waals surface area contributed by atoms with Crippen molar-refractivity contribution in [3.8, 4) is 0 Å². The van der Waals surface area contributed by atoms with Crippen LogP contribution in [0.25, 0.3) is 0 Å². The van der Waals surface area contributed by atoms with Gasteiger partial charge in [-0.05, 0) is 102 Å². The van der Waals surface area contributed by atoms with Crippen molar-refractivity contribution in [2.24, 2.45) is 46.3 Å². The van der Waals surface area contributed by atoms with Crippen LogP contribution in [0.2, 0.25) is 0 Å². The molecule has 2 aromatic carbocycles. The molecule has 0 saturated heterocycles. The summed E-state index contributed by atoms with van der Waals surface area (Å²) in [4.78, 5) is 26.6. The number of esters is 1. The maximum absolute atomic E-state index is 13.7. The number of hydrogen-bond acceptors (Lipinski definition) is 4. The second kappa shape index (κ2) is 15.4. The summed E-state index contributed by atoms with van der Waals surface area (Å²) in [5.74, 6) is 4.46. The van der Waals surface area contributed by atoms with Gasteiger partial charge in [0.25, 0.3) is 0 Å². The highest BCUT2D eigenvalue weighted by Crippen LogP contribution is 2.67. The van der Waals surface area contributed by atoms with Crippen LogP contribution in [0.1, 0.15) is 116 Å². The summed E-state index contributed by atoms with van der Waals surface area (Å²) in [5.41, 5.74) is 4.05. The van der Waals surface area contributed by atoms with E-state index in [0.717, 1.165) is 65.9 Å². The standard InChI is InChI=1S/C44H61NO4/c1-30(2)13-12-14-31(3)37-21-22-38-36-20-19-34-28-35(23-25-43(34,4)39(36)24-26-44(37,38)5)49-41(46)40(27-32-15-8-6-9-16-32)45-42(47)48-29-33-17-10-7-11-18-33/h6-11,15-19,30-31,35-40H,12-14,20-29H2,1-5H3,(H,45,47)/t31-,35+,36+,37-,38+,39+,40-,43+,44-/m1/s1. The predicted octanol–water partition coefficient (Wildman–Crippen LogP) is 10.5. The molecule has 9 atom stereocenters. The van der Waals surface area contributed by atoms with Crippen LogP contribution >= 0.6 is 0 Å². The Hall–Kier alpha value is -3.08. The average molecular weight is 668 g/mol. The number of rotatable bonds is 12. The molecule has 4 aliphatic carbocycles. The smallest absolute Gasteiger partial charge is 0.408 e. The van der Waals surface area contributed by atoms with E-state index in [-0.39, 0.29) is 24.1 Å². The number of benzene rings is 2. The molecule has 0 aromatic heterocycles. The Labute approximate surface area is 296 Å². The zero-order valence-electron chi connectivity index (χ0n) is 30.8. The minimum absolute atomic E-state index is 0.148. The Morgan fingerprint density at radius 3 is 2.29 bits per heavy atom. The van der Waals surface area contributed by atoms with Crippen molar-refractivity contribution in [3.05, 3.63) is 83.4 Å². The number of carbonyl (C=O) groups is 2. The van der Waals surface area contributed by atoms with Crippen LogP contribution in [0.4, 0.5) is 4.79 Å². The zero-order valence-corrected chi connectivity index (χ0v) is 30.8. The van der Waals surface area contributed by atoms with E-state index in [1.54, 1.807) is 0 Å². The first-order chi connectivity index (χ1) is 23.6. The van der Waals surface area contributed by atoms with E-state index in [2.05, 4.69) is 46.0 Å². The molecule has 2 aromatic rings. The summed E-state index contributed by atoms with van der Waals surface area (Å²) in [5, 5.41) is 2.83. The molecule has 0 unspecified atom stereocenters. The van der Waals surface area contributed by atoms with Crippen LogP contribution in [0.3, 0.4) is 0 Å². The number of alkyl carbamates (subject to hydrolysis) is 1. The van der Waals surface area contributed by atoms with Crippen molar-refractivity contribution in [1.29, 1.82) is 0 Å². The maximum atomic E-state index is 13.7. The van der Waals surface area contributed by atoms with Gasteiger partial charge in [-0.1, -0.05) is 126 Å². The highest BCUT2D eigenvalue weighted by atomic mass is 16.6. The lowest BCUT2D eigenvalue weighted by Crippen LogP contribution is -2.51. The number of ether oxygens (including phenoxy) is 2. The van der Waals surface area contributed by atoms with Crippen LogP contribution in [-0.2, 0) is 27.3 Å². The molecule has 0 spiro atoms. The molecule has 0 radical (unpaired) electrons. The molecule has 5 nitrogen and oxygen atoms in total. The van der Waals surface area contributed by atoms with E-state index in [0.29, 0.717) is 11.8 Å². The first-order valence-electron chi connectivity index (χ1n) is 19.5. The highest BCUT2D eigenvalue weighted by molar-refractivity contribution is 5.81. The number of allylic oxidation sites excluding steroid dienone is 1. The second-order valence-corrected chi connectivity index (χ2v) is 17.0. The van der Waals surface area contributed by atoms with Crippen LogP contribution in [0, 0.1) is 46.3 Å². The molecule has 5 heteroatoms. The average Bonchev–Trinajstić information content (AvgIpc) is 3.45. The number of nitrogens with one attached hydrogen (secondary N) is 1. The summed E-state index contributed by atoms with van der Waals surface area (Å²) >= 11 is 0. The Morgan fingerprint density at radius 1 is 0.857 bits per heavy atom. The van der Waals surface area contributed by atoms with Gasteiger partial charge in [-0.15, -0.1) is 0 Å². The van der Waals surface area contributed by atoms with E-state index in [9.17, 15) is 9.59 Å². The maximum Gasteiger partial charge on any atom is 0.408 e. The van der Waals surface area contributed by atoms with Gasteiger partial charge in [0, 0.05) is 12.8 Å². The van der Waals surface area contributed by atoms with Crippen LogP contribution in [0.5, 0.6) is 0 Å². The Morgan fingerprint density at radius 2 is 1.57 bits per heavy atom. The molecular formula is C44H61NO4. The fraction of sp³-hybridized carbons (Fsp3) is 0.636. The van der Waals surface area contributed by atoms with Gasteiger partial charge in [-0.25, -0.2) is 9.59 Å². The zero-order chi connectivity index (χ0) is 34.6. The third-order valence-electron chi connectivity index (χ3n) is 13.6. The van der Waals surface area contributed by atoms with Crippen molar-refractivity contribution in [2.45, 2.75) is 130 Å². The molecule has 4 aliphatic rings. The largest absolute Gasteiger partial charge is 0.461 e. The van der Waals surface area contributed by atoms with E-state index in [1.165, 1.54) is 56.9 Å². The lowest BCUT2D eigenvalue weighted by atomic mass is 9.47. The van der Waals surface area contributed by atoms with Gasteiger partial charge in [-0.2, -0.15) is 0 Å². The fourth-order valence-corrected chi connectivity index (χ4v) is 10.9. The monoisotopic (exact) mass is 667 g/mol. The quantitative estimate of drug-likeness (QED) is 0.181. The molecule has 0 bridgehead atoms. The van der Waals surface area contributed by atoms with Crippen LogP contribution in [-0.4, -0.2) is 24.2 Å². The van der Waals surface area contributed by atoms with Gasteiger partial charge in [0.1, 0.15) is 18.8 Å². The lowest BCUT2D eigenvalue weighted by Gasteiger charge is -2.58. The normalized spacial score (nSPS) is 31.8. The Balaban J connectivity index is 1.08. The molecule has 1 N–H and O–H groups in total. The first kappa shape index (κ1) is 35.7. The van der Waals surface area contributed by atoms with Gasteiger partial charge >= 0.3 is 12.1 Å². The van der Waals surface area contributed by atoms with Gasteiger partial charge in [0.15, 0.2) is 0 Å². The molecule has 0 heterocycles. The van der Waals surface area contributed by atoms with Crippen molar-refractivity contribution >= 4 is 12.1 Å². The van der Waals surface area contributed by atoms with Gasteiger partial charge in [-0.3, -0.25) is 0 Å². The third kappa shape index (κ3) is 7.97. The van der Waals surface area contributed by atoms with E-state index >= 15 is 0 Å². The number of amides is 1. The minimum atomic E-state index is -0.817. The van der Waals surface area contributed by atoms with Crippen molar-refractivity contribution < 1.29 is 19.1 Å². The molecule has 266 valence electrons. The third-order valence-corrected chi connectivity index (χ3v) is 13.6. The molecule has 3 saturated carbocycles. The molecule has 1 amide bonds. The Bertz CT molecular complexity index is 1440. The van der Waals surface area contributed by atoms with Gasteiger partial charge in [0.2, 0.25) is 0 Å². The molecule has 3 fully saturated rings. The Kier molecular flexibility index (Phi) is 11.3. The molecule has 6 rings (SSSR count). The van der Waals surface area contributed by atoms with Gasteiger partial charge < -0.3 is 14.8 Å². The predicted molar refractivity (Wildman–Crippen MR) is 197 cm³/mol. The second-order valence-electron chi connectivity index (χ2n) is 17.0. The van der Waals surface area contributed by atoms with Gasteiger partial charge in [0.05, 0.1) is 0 Å². The lowest BCUT2D eigenvalue weighted by molar-refractivity contribution is -0.154. The van der Waals surface area contributed by atoms with Crippen molar-refractivity contribution in [1.82, 2.24) is 5.32 Å². The highest BCUT2D eigenvalue weighted by Gasteiger charge is 2.59. The van der Waals surface area contributed by atoms with Crippen molar-refractivity contribution in [3.63, 3.8) is 0 Å². The SMILES string of the molecule is CC(C)CCC[C@@H](C)[C@H]1CC[C@H]2[C@@H]3CC=C4C[C@@H](OC(=O)[C@@H](Cc5ccccc5)NC(=O)OCc5ccccc5)CC[C@]4(C)[C@H]3CC[C@]12C. The fourth-order valence-electron chi connectivity index (χ4n) is 10.9. The number of hydrogen-bond donors (Lipinski definition) is 1. The summed E-state index contributed by atoms with van der Waals surface area (Å²) in [6.45, 7) is 12.6. The summed E-state index contributed by atoms with van der Waals surface area (Å²) in [6.07, 6.45) is 15.7. The van der Waals surface area contributed by atoms with E-state index in [4.69, 9.17) is 9.47 Å². The summed E-state index contributed by atoms with van der Waals surface area (Å²) in [6, 6.07) is 18.6. The van der Waals surface area contributed by atoms with Crippen molar-refractivity contribution in [2.75, 3.05) is 0 Å². The van der Waals surface area contributed by atoms with Crippen LogP contribution < -0.4 is 5.32 Å². The molecule has 49 heavy (non-hydrogen) atoms. The minimum Gasteiger partial charge on any atom is -0.461 e. The van der Waals surface area contributed by atoms with E-state index < -0.39 is 12.1 Å². The van der Waals surface area contributed by atoms with E-state index in [1.807, 2.05) is 60.7 Å².